The van der Waals surface area contributed by atoms with Gasteiger partial charge in [-0.05, 0) is 31.8 Å². The SMILES string of the molecule is CN(C)CCNC(=O)Cc1ccc2c(c1)ncn2C. The molecule has 5 nitrogen and oxygen atoms in total. The molecule has 0 atom stereocenters. The first kappa shape index (κ1) is 13.5. The van der Waals surface area contributed by atoms with Crippen molar-refractivity contribution in [1.29, 1.82) is 0 Å². The van der Waals surface area contributed by atoms with E-state index in [9.17, 15) is 4.79 Å². The molecular weight excluding hydrogens is 240 g/mol. The Balaban J connectivity index is 1.95. The Hall–Kier alpha value is -1.88. The van der Waals surface area contributed by atoms with Crippen LogP contribution in [0.3, 0.4) is 0 Å². The van der Waals surface area contributed by atoms with Gasteiger partial charge in [0.15, 0.2) is 0 Å². The zero-order valence-electron chi connectivity index (χ0n) is 11.7. The van der Waals surface area contributed by atoms with Crippen molar-refractivity contribution in [3.8, 4) is 0 Å². The van der Waals surface area contributed by atoms with E-state index in [1.807, 2.05) is 48.8 Å². The van der Waals surface area contributed by atoms with Crippen molar-refractivity contribution >= 4 is 16.9 Å². The molecule has 0 unspecified atom stereocenters. The first-order valence-corrected chi connectivity index (χ1v) is 6.37. The highest BCUT2D eigenvalue weighted by Gasteiger charge is 2.06. The number of benzene rings is 1. The number of fused-ring (bicyclic) bond motifs is 1. The van der Waals surface area contributed by atoms with Crippen LogP contribution in [0.1, 0.15) is 5.56 Å². The minimum Gasteiger partial charge on any atom is -0.355 e. The summed E-state index contributed by atoms with van der Waals surface area (Å²) in [5.74, 6) is 0.0529. The number of nitrogens with zero attached hydrogens (tertiary/aromatic N) is 3. The quantitative estimate of drug-likeness (QED) is 0.865. The van der Waals surface area contributed by atoms with Crippen LogP contribution in [-0.4, -0.2) is 47.5 Å². The second-order valence-corrected chi connectivity index (χ2v) is 5.01. The Bertz CT molecular complexity index is 574. The third-order valence-corrected chi connectivity index (χ3v) is 3.04. The van der Waals surface area contributed by atoms with Gasteiger partial charge in [-0.1, -0.05) is 6.07 Å². The van der Waals surface area contributed by atoms with E-state index in [2.05, 4.69) is 10.3 Å². The molecule has 2 aromatic rings. The maximum atomic E-state index is 11.8. The maximum absolute atomic E-state index is 11.8. The summed E-state index contributed by atoms with van der Waals surface area (Å²) in [6.07, 6.45) is 2.19. The maximum Gasteiger partial charge on any atom is 0.224 e. The molecule has 0 aliphatic rings. The number of carbonyl (C=O) groups is 1. The fraction of sp³-hybridized carbons (Fsp3) is 0.429. The Morgan fingerprint density at radius 1 is 1.42 bits per heavy atom. The standard InChI is InChI=1S/C14H20N4O/c1-17(2)7-6-15-14(19)9-11-4-5-13-12(8-11)16-10-18(13)3/h4-5,8,10H,6-7,9H2,1-3H3,(H,15,19). The van der Waals surface area contributed by atoms with E-state index in [0.29, 0.717) is 13.0 Å². The van der Waals surface area contributed by atoms with Gasteiger partial charge in [-0.25, -0.2) is 4.98 Å². The molecule has 1 aromatic heterocycles. The van der Waals surface area contributed by atoms with Gasteiger partial charge in [0.2, 0.25) is 5.91 Å². The molecule has 19 heavy (non-hydrogen) atoms. The topological polar surface area (TPSA) is 50.2 Å². The summed E-state index contributed by atoms with van der Waals surface area (Å²) in [6, 6.07) is 5.96. The number of amides is 1. The van der Waals surface area contributed by atoms with E-state index < -0.39 is 0 Å². The summed E-state index contributed by atoms with van der Waals surface area (Å²) >= 11 is 0. The molecule has 0 radical (unpaired) electrons. The van der Waals surface area contributed by atoms with Crippen molar-refractivity contribution in [3.05, 3.63) is 30.1 Å². The van der Waals surface area contributed by atoms with Gasteiger partial charge in [-0.2, -0.15) is 0 Å². The average molecular weight is 260 g/mol. The van der Waals surface area contributed by atoms with Gasteiger partial charge < -0.3 is 14.8 Å². The number of carbonyl (C=O) groups excluding carboxylic acids is 1. The summed E-state index contributed by atoms with van der Waals surface area (Å²) in [7, 11) is 5.94. The lowest BCUT2D eigenvalue weighted by Crippen LogP contribution is -2.32. The number of hydrogen-bond acceptors (Lipinski definition) is 3. The number of hydrogen-bond donors (Lipinski definition) is 1. The smallest absolute Gasteiger partial charge is 0.224 e. The van der Waals surface area contributed by atoms with Gasteiger partial charge in [0.05, 0.1) is 23.8 Å². The third-order valence-electron chi connectivity index (χ3n) is 3.04. The van der Waals surface area contributed by atoms with Crippen LogP contribution in [-0.2, 0) is 18.3 Å². The van der Waals surface area contributed by atoms with Gasteiger partial charge in [0.25, 0.3) is 0 Å². The van der Waals surface area contributed by atoms with Crippen molar-refractivity contribution in [2.75, 3.05) is 27.2 Å². The van der Waals surface area contributed by atoms with E-state index in [1.165, 1.54) is 0 Å². The molecule has 0 aliphatic carbocycles. The summed E-state index contributed by atoms with van der Waals surface area (Å²) in [4.78, 5) is 18.1. The molecule has 0 fully saturated rings. The Kier molecular flexibility index (Phi) is 4.16. The summed E-state index contributed by atoms with van der Waals surface area (Å²) in [5.41, 5.74) is 3.01. The molecule has 0 saturated heterocycles. The molecule has 0 spiro atoms. The summed E-state index contributed by atoms with van der Waals surface area (Å²) in [6.45, 7) is 1.53. The molecule has 0 aliphatic heterocycles. The molecule has 0 bridgehead atoms. The van der Waals surface area contributed by atoms with E-state index in [-0.39, 0.29) is 5.91 Å². The van der Waals surface area contributed by atoms with Gasteiger partial charge >= 0.3 is 0 Å². The predicted molar refractivity (Wildman–Crippen MR) is 76.0 cm³/mol. The Morgan fingerprint density at radius 3 is 2.95 bits per heavy atom. The van der Waals surface area contributed by atoms with Crippen LogP contribution in [0.15, 0.2) is 24.5 Å². The summed E-state index contributed by atoms with van der Waals surface area (Å²) < 4.78 is 1.97. The largest absolute Gasteiger partial charge is 0.355 e. The van der Waals surface area contributed by atoms with Crippen LogP contribution < -0.4 is 5.32 Å². The van der Waals surface area contributed by atoms with Crippen molar-refractivity contribution < 1.29 is 4.79 Å². The van der Waals surface area contributed by atoms with Crippen LogP contribution >= 0.6 is 0 Å². The molecule has 5 heteroatoms. The highest BCUT2D eigenvalue weighted by molar-refractivity contribution is 5.81. The second kappa shape index (κ2) is 5.84. The van der Waals surface area contributed by atoms with E-state index in [4.69, 9.17) is 0 Å². The average Bonchev–Trinajstić information content (AvgIpc) is 2.70. The van der Waals surface area contributed by atoms with E-state index >= 15 is 0 Å². The first-order valence-electron chi connectivity index (χ1n) is 6.37. The zero-order valence-corrected chi connectivity index (χ0v) is 11.7. The normalized spacial score (nSPS) is 11.2. The number of nitrogens with one attached hydrogen (secondary N) is 1. The lowest BCUT2D eigenvalue weighted by molar-refractivity contribution is -0.120. The van der Waals surface area contributed by atoms with Crippen LogP contribution in [0.5, 0.6) is 0 Å². The molecule has 1 heterocycles. The number of rotatable bonds is 5. The molecular formula is C14H20N4O. The van der Waals surface area contributed by atoms with Crippen molar-refractivity contribution in [2.24, 2.45) is 7.05 Å². The van der Waals surface area contributed by atoms with Crippen molar-refractivity contribution in [3.63, 3.8) is 0 Å². The first-order chi connectivity index (χ1) is 9.06. The number of imidazole rings is 1. The highest BCUT2D eigenvalue weighted by atomic mass is 16.1. The zero-order chi connectivity index (χ0) is 13.8. The van der Waals surface area contributed by atoms with E-state index in [0.717, 1.165) is 23.1 Å². The molecule has 102 valence electrons. The van der Waals surface area contributed by atoms with Gasteiger partial charge in [0.1, 0.15) is 0 Å². The third kappa shape index (κ3) is 3.54. The van der Waals surface area contributed by atoms with Crippen LogP contribution in [0, 0.1) is 0 Å². The van der Waals surface area contributed by atoms with Crippen molar-refractivity contribution in [2.45, 2.75) is 6.42 Å². The van der Waals surface area contributed by atoms with Crippen LogP contribution in [0.25, 0.3) is 11.0 Å². The second-order valence-electron chi connectivity index (χ2n) is 5.01. The van der Waals surface area contributed by atoms with E-state index in [1.54, 1.807) is 6.33 Å². The monoisotopic (exact) mass is 260 g/mol. The Morgan fingerprint density at radius 2 is 2.21 bits per heavy atom. The number of aromatic nitrogens is 2. The fourth-order valence-corrected chi connectivity index (χ4v) is 1.96. The molecule has 1 N–H and O–H groups in total. The molecule has 2 rings (SSSR count). The fourth-order valence-electron chi connectivity index (χ4n) is 1.96. The minimum atomic E-state index is 0.0529. The molecule has 1 amide bonds. The lowest BCUT2D eigenvalue weighted by atomic mass is 10.1. The van der Waals surface area contributed by atoms with Crippen LogP contribution in [0.4, 0.5) is 0 Å². The minimum absolute atomic E-state index is 0.0529. The van der Waals surface area contributed by atoms with Gasteiger partial charge in [0, 0.05) is 20.1 Å². The van der Waals surface area contributed by atoms with Crippen molar-refractivity contribution in [1.82, 2.24) is 19.8 Å². The van der Waals surface area contributed by atoms with Gasteiger partial charge in [-0.3, -0.25) is 4.79 Å². The highest BCUT2D eigenvalue weighted by Crippen LogP contribution is 2.14. The lowest BCUT2D eigenvalue weighted by Gasteiger charge is -2.10. The number of likely N-dealkylation sites (N-methyl/N-ethyl adjacent to an activating group) is 1. The Labute approximate surface area is 113 Å². The molecule has 0 saturated carbocycles. The predicted octanol–water partition coefficient (Wildman–Crippen LogP) is 0.794. The van der Waals surface area contributed by atoms with Gasteiger partial charge in [-0.15, -0.1) is 0 Å². The molecule has 1 aromatic carbocycles. The number of aryl methyl sites for hydroxylation is 1. The summed E-state index contributed by atoms with van der Waals surface area (Å²) in [5, 5.41) is 2.91. The van der Waals surface area contributed by atoms with Crippen LogP contribution in [0.2, 0.25) is 0 Å².